The fourth-order valence-electron chi connectivity index (χ4n) is 0.502. The minimum absolute atomic E-state index is 0.0741. The first-order valence-corrected chi connectivity index (χ1v) is 2.49. The van der Waals surface area contributed by atoms with E-state index in [4.69, 9.17) is 10.5 Å². The van der Waals surface area contributed by atoms with Gasteiger partial charge in [0.25, 0.3) is 0 Å². The van der Waals surface area contributed by atoms with Gasteiger partial charge in [-0.05, 0) is 0 Å². The van der Waals surface area contributed by atoms with Gasteiger partial charge in [-0.2, -0.15) is 10.5 Å². The van der Waals surface area contributed by atoms with Crippen LogP contribution in [0.15, 0.2) is 12.4 Å². The molecule has 0 N–H and O–H groups in total. The van der Waals surface area contributed by atoms with Crippen LogP contribution in [-0.2, 0) is 0 Å². The average Bonchev–Trinajstić information content (AvgIpc) is 2.04. The lowest BCUT2D eigenvalue weighted by molar-refractivity contribution is 1.13. The Morgan fingerprint density at radius 1 is 1.00 bits per heavy atom. The minimum atomic E-state index is 0.0741. The Morgan fingerprint density at radius 3 is 1.70 bits per heavy atom. The molecule has 0 aromatic carbocycles. The first kappa shape index (κ1) is 6.18. The molecule has 0 atom stereocenters. The Bertz CT molecular complexity index is 284. The zero-order valence-corrected chi connectivity index (χ0v) is 4.94. The lowest BCUT2D eigenvalue weighted by Crippen LogP contribution is -1.90. The summed E-state index contributed by atoms with van der Waals surface area (Å²) in [4.78, 5) is 7.24. The number of nitriles is 2. The monoisotopic (exact) mass is 130 g/mol. The van der Waals surface area contributed by atoms with Crippen LogP contribution >= 0.6 is 0 Å². The molecule has 46 valence electrons. The highest BCUT2D eigenvalue weighted by Gasteiger charge is 1.99. The van der Waals surface area contributed by atoms with Crippen LogP contribution in [-0.4, -0.2) is 9.97 Å². The summed E-state index contributed by atoms with van der Waals surface area (Å²) < 4.78 is 0. The lowest BCUT2D eigenvalue weighted by atomic mass is 10.3. The molecule has 1 rings (SSSR count). The summed E-state index contributed by atoms with van der Waals surface area (Å²) in [6.45, 7) is 0. The highest BCUT2D eigenvalue weighted by atomic mass is 14.8. The maximum Gasteiger partial charge on any atom is 0.177 e. The topological polar surface area (TPSA) is 73.4 Å². The molecule has 0 aliphatic carbocycles. The third-order valence-corrected chi connectivity index (χ3v) is 0.910. The molecule has 4 nitrogen and oxygen atoms in total. The molecule has 0 aliphatic rings. The van der Waals surface area contributed by atoms with E-state index in [1.54, 1.807) is 12.1 Å². The van der Waals surface area contributed by atoms with Crippen molar-refractivity contribution in [1.29, 1.82) is 10.5 Å². The quantitative estimate of drug-likeness (QED) is 0.503. The summed E-state index contributed by atoms with van der Waals surface area (Å²) in [6.07, 6.45) is 2.75. The van der Waals surface area contributed by atoms with Gasteiger partial charge < -0.3 is 0 Å². The number of hydrogen-bond acceptors (Lipinski definition) is 4. The van der Waals surface area contributed by atoms with Crippen LogP contribution in [0.4, 0.5) is 0 Å². The van der Waals surface area contributed by atoms with Crippen molar-refractivity contribution in [3.05, 3.63) is 23.8 Å². The molecule has 10 heavy (non-hydrogen) atoms. The Morgan fingerprint density at radius 2 is 1.40 bits per heavy atom. The third-order valence-electron chi connectivity index (χ3n) is 0.910. The predicted molar refractivity (Wildman–Crippen MR) is 31.5 cm³/mol. The van der Waals surface area contributed by atoms with Gasteiger partial charge in [0.1, 0.15) is 12.1 Å². The average molecular weight is 130 g/mol. The van der Waals surface area contributed by atoms with E-state index < -0.39 is 0 Å². The van der Waals surface area contributed by atoms with Crippen molar-refractivity contribution in [2.45, 2.75) is 0 Å². The summed E-state index contributed by atoms with van der Waals surface area (Å²) in [5, 5.41) is 16.7. The SMILES string of the molecule is N#Cc1nccnc1C#N. The molecule has 0 saturated carbocycles. The van der Waals surface area contributed by atoms with Gasteiger partial charge in [-0.15, -0.1) is 0 Å². The zero-order chi connectivity index (χ0) is 7.40. The predicted octanol–water partition coefficient (Wildman–Crippen LogP) is 0.220. The minimum Gasteiger partial charge on any atom is -0.241 e. The fraction of sp³-hybridized carbons (Fsp3) is 0. The Labute approximate surface area is 57.4 Å². The first-order valence-electron chi connectivity index (χ1n) is 2.49. The molecule has 0 spiro atoms. The van der Waals surface area contributed by atoms with E-state index in [-0.39, 0.29) is 11.4 Å². The van der Waals surface area contributed by atoms with Crippen LogP contribution in [0.5, 0.6) is 0 Å². The van der Waals surface area contributed by atoms with Crippen molar-refractivity contribution in [2.24, 2.45) is 0 Å². The van der Waals surface area contributed by atoms with Gasteiger partial charge in [0, 0.05) is 12.4 Å². The molecular weight excluding hydrogens is 128 g/mol. The molecule has 1 aromatic heterocycles. The van der Waals surface area contributed by atoms with E-state index in [1.807, 2.05) is 0 Å². The van der Waals surface area contributed by atoms with Crippen LogP contribution in [0.25, 0.3) is 0 Å². The van der Waals surface area contributed by atoms with Crippen LogP contribution in [0.2, 0.25) is 0 Å². The van der Waals surface area contributed by atoms with Gasteiger partial charge >= 0.3 is 0 Å². The van der Waals surface area contributed by atoms with Gasteiger partial charge in [-0.1, -0.05) is 0 Å². The Balaban J connectivity index is 3.28. The van der Waals surface area contributed by atoms with Gasteiger partial charge in [-0.25, -0.2) is 9.97 Å². The largest absolute Gasteiger partial charge is 0.241 e. The molecule has 0 radical (unpaired) electrons. The number of nitrogens with zero attached hydrogens (tertiary/aromatic N) is 4. The van der Waals surface area contributed by atoms with E-state index in [9.17, 15) is 0 Å². The normalized spacial score (nSPS) is 7.80. The number of aromatic nitrogens is 2. The van der Waals surface area contributed by atoms with Crippen LogP contribution in [0.3, 0.4) is 0 Å². The molecule has 0 fully saturated rings. The molecular formula is C6H2N4. The highest BCUT2D eigenvalue weighted by molar-refractivity contribution is 5.33. The number of hydrogen-bond donors (Lipinski definition) is 0. The maximum atomic E-state index is 8.35. The second-order valence-electron chi connectivity index (χ2n) is 1.48. The van der Waals surface area contributed by atoms with Crippen molar-refractivity contribution in [2.75, 3.05) is 0 Å². The lowest BCUT2D eigenvalue weighted by Gasteiger charge is -1.86. The van der Waals surface area contributed by atoms with Crippen LogP contribution in [0, 0.1) is 22.7 Å². The van der Waals surface area contributed by atoms with Gasteiger partial charge in [0.15, 0.2) is 11.4 Å². The molecule has 0 saturated heterocycles. The molecule has 0 bridgehead atoms. The van der Waals surface area contributed by atoms with E-state index in [1.165, 1.54) is 12.4 Å². The number of rotatable bonds is 0. The molecule has 0 unspecified atom stereocenters. The van der Waals surface area contributed by atoms with Crippen molar-refractivity contribution in [3.8, 4) is 12.1 Å². The molecule has 4 heteroatoms. The van der Waals surface area contributed by atoms with Crippen molar-refractivity contribution >= 4 is 0 Å². The second-order valence-corrected chi connectivity index (χ2v) is 1.48. The summed E-state index contributed by atoms with van der Waals surface area (Å²) in [5.74, 6) is 0. The van der Waals surface area contributed by atoms with Crippen LogP contribution < -0.4 is 0 Å². The Kier molecular flexibility index (Phi) is 1.58. The molecule has 0 aliphatic heterocycles. The van der Waals surface area contributed by atoms with E-state index in [2.05, 4.69) is 9.97 Å². The Hall–Kier alpha value is -1.94. The van der Waals surface area contributed by atoms with Gasteiger partial charge in [-0.3, -0.25) is 0 Å². The third kappa shape index (κ3) is 0.910. The fourth-order valence-corrected chi connectivity index (χ4v) is 0.502. The summed E-state index contributed by atoms with van der Waals surface area (Å²) in [5.41, 5.74) is 0.148. The second kappa shape index (κ2) is 2.56. The molecule has 1 aromatic rings. The van der Waals surface area contributed by atoms with Crippen molar-refractivity contribution in [3.63, 3.8) is 0 Å². The van der Waals surface area contributed by atoms with E-state index in [0.29, 0.717) is 0 Å². The maximum absolute atomic E-state index is 8.35. The van der Waals surface area contributed by atoms with E-state index in [0.717, 1.165) is 0 Å². The van der Waals surface area contributed by atoms with Crippen LogP contribution in [0.1, 0.15) is 11.4 Å². The highest BCUT2D eigenvalue weighted by Crippen LogP contribution is 1.95. The molecule has 1 heterocycles. The summed E-state index contributed by atoms with van der Waals surface area (Å²) in [7, 11) is 0. The first-order chi connectivity index (χ1) is 4.88. The standard InChI is InChI=1S/C6H2N4/c7-3-5-6(4-8)10-2-1-9-5/h1-2H. The van der Waals surface area contributed by atoms with Crippen molar-refractivity contribution in [1.82, 2.24) is 9.97 Å². The summed E-state index contributed by atoms with van der Waals surface area (Å²) >= 11 is 0. The van der Waals surface area contributed by atoms with E-state index >= 15 is 0 Å². The van der Waals surface area contributed by atoms with Crippen molar-refractivity contribution < 1.29 is 0 Å². The van der Waals surface area contributed by atoms with Gasteiger partial charge in [0.05, 0.1) is 0 Å². The summed E-state index contributed by atoms with van der Waals surface area (Å²) in [6, 6.07) is 3.50. The van der Waals surface area contributed by atoms with Gasteiger partial charge in [0.2, 0.25) is 0 Å². The smallest absolute Gasteiger partial charge is 0.177 e. The molecule has 0 amide bonds. The zero-order valence-electron chi connectivity index (χ0n) is 4.94.